The highest BCUT2D eigenvalue weighted by Gasteiger charge is 2.34. The minimum atomic E-state index is -0.826. The highest BCUT2D eigenvalue weighted by molar-refractivity contribution is 9.11. The second-order valence-corrected chi connectivity index (χ2v) is 13.6. The summed E-state index contributed by atoms with van der Waals surface area (Å²) in [7, 11) is 1.53. The van der Waals surface area contributed by atoms with Crippen LogP contribution in [0.1, 0.15) is 50.4 Å². The molecule has 2 heterocycles. The van der Waals surface area contributed by atoms with Gasteiger partial charge in [0, 0.05) is 12.1 Å². The molecule has 48 heavy (non-hydrogen) atoms. The number of nitrogens with zero attached hydrogens (tertiary/aromatic N) is 3. The summed E-state index contributed by atoms with van der Waals surface area (Å²) in [6, 6.07) is 14.3. The van der Waals surface area contributed by atoms with Gasteiger partial charge in [-0.2, -0.15) is 0 Å². The Morgan fingerprint density at radius 1 is 1.12 bits per heavy atom. The van der Waals surface area contributed by atoms with Gasteiger partial charge in [0.05, 0.1) is 55.5 Å². The van der Waals surface area contributed by atoms with Crippen LogP contribution in [-0.2, 0) is 16.1 Å². The summed E-state index contributed by atoms with van der Waals surface area (Å²) in [6.07, 6.45) is 1.65. The quantitative estimate of drug-likeness (QED) is 0.0942. The number of halogens is 2. The minimum Gasteiger partial charge on any atom is -0.493 e. The molecule has 0 saturated carbocycles. The van der Waals surface area contributed by atoms with Gasteiger partial charge in [-0.3, -0.25) is 19.5 Å². The molecule has 0 aliphatic carbocycles. The number of thiazole rings is 1. The fourth-order valence-electron chi connectivity index (χ4n) is 5.18. The monoisotopic (exact) mass is 799 g/mol. The number of esters is 1. The fraction of sp³-hybridized carbons (Fsp3) is 0.265. The number of aromatic nitrogens is 1. The Morgan fingerprint density at radius 3 is 2.50 bits per heavy atom. The van der Waals surface area contributed by atoms with Crippen molar-refractivity contribution in [3.05, 3.63) is 121 Å². The molecular formula is C34H31Br2N3O8S. The van der Waals surface area contributed by atoms with E-state index in [1.807, 2.05) is 13.8 Å². The molecule has 0 spiro atoms. The number of nitro groups is 1. The van der Waals surface area contributed by atoms with Gasteiger partial charge in [-0.05, 0) is 107 Å². The predicted octanol–water partition coefficient (Wildman–Crippen LogP) is 6.61. The van der Waals surface area contributed by atoms with Crippen LogP contribution in [0.25, 0.3) is 6.08 Å². The molecule has 1 aromatic heterocycles. The van der Waals surface area contributed by atoms with Crippen LogP contribution in [0.2, 0.25) is 0 Å². The van der Waals surface area contributed by atoms with Crippen molar-refractivity contribution >= 4 is 60.9 Å². The number of fused-ring (bicyclic) bond motifs is 1. The summed E-state index contributed by atoms with van der Waals surface area (Å²) in [6.45, 7) is 7.53. The molecule has 0 saturated heterocycles. The predicted molar refractivity (Wildman–Crippen MR) is 188 cm³/mol. The molecule has 5 rings (SSSR count). The molecule has 3 aromatic carbocycles. The van der Waals surface area contributed by atoms with Crippen LogP contribution in [0.5, 0.6) is 17.2 Å². The molecule has 1 aliphatic rings. The van der Waals surface area contributed by atoms with Crippen molar-refractivity contribution in [3.8, 4) is 17.2 Å². The first-order chi connectivity index (χ1) is 22.9. The zero-order valence-electron chi connectivity index (χ0n) is 26.6. The molecule has 4 aromatic rings. The van der Waals surface area contributed by atoms with E-state index in [0.29, 0.717) is 57.9 Å². The largest absolute Gasteiger partial charge is 0.493 e. The van der Waals surface area contributed by atoms with Gasteiger partial charge in [-0.25, -0.2) is 9.79 Å². The molecule has 0 fully saturated rings. The Hall–Kier alpha value is -4.27. The molecule has 11 nitrogen and oxygen atoms in total. The average molecular weight is 802 g/mol. The number of carbonyl (C=O) groups excluding carboxylic acids is 1. The Balaban J connectivity index is 1.55. The van der Waals surface area contributed by atoms with Gasteiger partial charge < -0.3 is 18.9 Å². The second kappa shape index (κ2) is 14.9. The first-order valence-electron chi connectivity index (χ1n) is 14.8. The van der Waals surface area contributed by atoms with E-state index in [1.165, 1.54) is 35.1 Å². The highest BCUT2D eigenvalue weighted by Crippen LogP contribution is 2.38. The number of carbonyl (C=O) groups is 1. The topological polar surface area (TPSA) is 131 Å². The molecule has 0 N–H and O–H groups in total. The summed E-state index contributed by atoms with van der Waals surface area (Å²) in [5.74, 6) is 0.932. The Kier molecular flexibility index (Phi) is 10.9. The van der Waals surface area contributed by atoms with Crippen molar-refractivity contribution in [2.75, 3.05) is 13.7 Å². The summed E-state index contributed by atoms with van der Waals surface area (Å²) < 4.78 is 26.0. The second-order valence-electron chi connectivity index (χ2n) is 10.9. The van der Waals surface area contributed by atoms with Crippen molar-refractivity contribution < 1.29 is 28.7 Å². The first kappa shape index (κ1) is 35.0. The van der Waals surface area contributed by atoms with E-state index < -0.39 is 16.9 Å². The van der Waals surface area contributed by atoms with Gasteiger partial charge in [-0.1, -0.05) is 29.5 Å². The number of non-ortho nitro benzene ring substituents is 1. The number of hydrogen-bond acceptors (Lipinski definition) is 10. The third kappa shape index (κ3) is 7.40. The normalized spacial score (nSPS) is 14.4. The third-order valence-electron chi connectivity index (χ3n) is 7.21. The number of nitro benzene ring substituents is 1. The van der Waals surface area contributed by atoms with Crippen LogP contribution in [0.3, 0.4) is 0 Å². The lowest BCUT2D eigenvalue weighted by molar-refractivity contribution is -0.384. The van der Waals surface area contributed by atoms with Gasteiger partial charge >= 0.3 is 5.97 Å². The molecule has 1 aliphatic heterocycles. The number of hydrogen-bond donors (Lipinski definition) is 0. The van der Waals surface area contributed by atoms with E-state index in [0.717, 1.165) is 0 Å². The smallest absolute Gasteiger partial charge is 0.338 e. The van der Waals surface area contributed by atoms with Gasteiger partial charge in [0.25, 0.3) is 11.2 Å². The molecule has 0 amide bonds. The summed E-state index contributed by atoms with van der Waals surface area (Å²) in [5.41, 5.74) is 2.31. The SMILES string of the molecule is CCOC(=O)C1=C(C)N=c2s/c(=C\c3cc(Br)c(OCc4cccc([N+](=O)[O-])c4)c(Br)c3)c(=O)n2[C@@H]1c1ccc(OC(C)C)c(OC)c1. The average Bonchev–Trinajstić information content (AvgIpc) is 3.33. The van der Waals surface area contributed by atoms with Crippen LogP contribution >= 0.6 is 43.2 Å². The lowest BCUT2D eigenvalue weighted by Crippen LogP contribution is -2.40. The summed E-state index contributed by atoms with van der Waals surface area (Å²) in [4.78, 5) is 43.2. The lowest BCUT2D eigenvalue weighted by atomic mass is 9.95. The Bertz CT molecular complexity index is 2100. The third-order valence-corrected chi connectivity index (χ3v) is 9.37. The van der Waals surface area contributed by atoms with Crippen LogP contribution < -0.4 is 29.1 Å². The maximum Gasteiger partial charge on any atom is 0.338 e. The van der Waals surface area contributed by atoms with Crippen molar-refractivity contribution in [3.63, 3.8) is 0 Å². The fourth-order valence-corrected chi connectivity index (χ4v) is 7.68. The van der Waals surface area contributed by atoms with E-state index in [4.69, 9.17) is 18.9 Å². The van der Waals surface area contributed by atoms with E-state index >= 15 is 0 Å². The van der Waals surface area contributed by atoms with E-state index in [1.54, 1.807) is 62.4 Å². The van der Waals surface area contributed by atoms with E-state index in [-0.39, 0.29) is 36.1 Å². The van der Waals surface area contributed by atoms with E-state index in [9.17, 15) is 19.7 Å². The summed E-state index contributed by atoms with van der Waals surface area (Å²) in [5, 5.41) is 11.1. The number of methoxy groups -OCH3 is 1. The lowest BCUT2D eigenvalue weighted by Gasteiger charge is -2.25. The van der Waals surface area contributed by atoms with Crippen molar-refractivity contribution in [2.24, 2.45) is 4.99 Å². The molecule has 14 heteroatoms. The summed E-state index contributed by atoms with van der Waals surface area (Å²) >= 11 is 8.32. The van der Waals surface area contributed by atoms with Gasteiger partial charge in [0.1, 0.15) is 12.4 Å². The number of rotatable bonds is 11. The van der Waals surface area contributed by atoms with Crippen LogP contribution in [0, 0.1) is 10.1 Å². The minimum absolute atomic E-state index is 0.0193. The van der Waals surface area contributed by atoms with Crippen LogP contribution in [0.15, 0.2) is 84.6 Å². The van der Waals surface area contributed by atoms with Crippen LogP contribution in [-0.4, -0.2) is 35.3 Å². The van der Waals surface area contributed by atoms with Crippen molar-refractivity contribution in [2.45, 2.75) is 46.4 Å². The standard InChI is InChI=1S/C34H31Br2N3O8S/c1-6-45-33(41)29-19(4)37-34-38(30(29)22-10-11-26(47-18(2)3)27(16-22)44-5)32(40)28(48-34)15-21-13-24(35)31(25(36)14-21)46-17-20-8-7-9-23(12-20)39(42)43/h7-16,18,30H,6,17H2,1-5H3/b28-15-/t30-/m1/s1. The van der Waals surface area contributed by atoms with Crippen LogP contribution in [0.4, 0.5) is 5.69 Å². The van der Waals surface area contributed by atoms with Crippen molar-refractivity contribution in [1.82, 2.24) is 4.57 Å². The zero-order valence-corrected chi connectivity index (χ0v) is 30.6. The maximum absolute atomic E-state index is 14.1. The van der Waals surface area contributed by atoms with E-state index in [2.05, 4.69) is 36.9 Å². The number of ether oxygens (including phenoxy) is 4. The van der Waals surface area contributed by atoms with Gasteiger partial charge in [0.2, 0.25) is 0 Å². The Labute approximate surface area is 296 Å². The zero-order chi connectivity index (χ0) is 34.7. The maximum atomic E-state index is 14.1. The number of benzene rings is 3. The van der Waals surface area contributed by atoms with Gasteiger partial charge in [-0.15, -0.1) is 0 Å². The molecular weight excluding hydrogens is 770 g/mol. The highest BCUT2D eigenvalue weighted by atomic mass is 79.9. The number of allylic oxidation sites excluding steroid dienone is 1. The molecule has 250 valence electrons. The molecule has 0 unspecified atom stereocenters. The molecule has 1 atom stereocenters. The molecule has 0 bridgehead atoms. The van der Waals surface area contributed by atoms with Crippen molar-refractivity contribution in [1.29, 1.82) is 0 Å². The van der Waals surface area contributed by atoms with Gasteiger partial charge in [0.15, 0.2) is 16.3 Å². The first-order valence-corrected chi connectivity index (χ1v) is 17.2. The Morgan fingerprint density at radius 2 is 1.85 bits per heavy atom. The molecule has 0 radical (unpaired) electrons.